The SMILES string of the molecule is Cc1cncc(CN2CCCC3(CC(C(=O)NCCCn4ccnc4)=NO3)C2)n1. The minimum Gasteiger partial charge on any atom is -0.387 e. The standard InChI is InChI=1S/C20H27N7O2/c1-16-11-22-12-17(24-16)13-27-7-2-4-20(14-27)10-18(25-29-20)19(28)23-5-3-8-26-9-6-21-15-26/h6,9,11-12,15H,2-5,7-8,10,13-14H2,1H3,(H,23,28). The zero-order valence-electron chi connectivity index (χ0n) is 16.8. The summed E-state index contributed by atoms with van der Waals surface area (Å²) >= 11 is 0. The number of nitrogens with zero attached hydrogens (tertiary/aromatic N) is 6. The third-order valence-electron chi connectivity index (χ3n) is 5.35. The van der Waals surface area contributed by atoms with Crippen LogP contribution in [-0.2, 0) is 22.7 Å². The van der Waals surface area contributed by atoms with Crippen LogP contribution in [0.15, 0.2) is 36.3 Å². The van der Waals surface area contributed by atoms with Crippen LogP contribution in [0.4, 0.5) is 0 Å². The predicted molar refractivity (Wildman–Crippen MR) is 107 cm³/mol. The van der Waals surface area contributed by atoms with E-state index in [1.54, 1.807) is 18.7 Å². The van der Waals surface area contributed by atoms with E-state index in [1.165, 1.54) is 0 Å². The molecule has 2 aromatic heterocycles. The third kappa shape index (κ3) is 4.97. The number of oxime groups is 1. The fraction of sp³-hybridized carbons (Fsp3) is 0.550. The number of carbonyl (C=O) groups is 1. The first kappa shape index (κ1) is 19.5. The highest BCUT2D eigenvalue weighted by Crippen LogP contribution is 2.33. The Hall–Kier alpha value is -2.81. The lowest BCUT2D eigenvalue weighted by atomic mass is 9.88. The second-order valence-electron chi connectivity index (χ2n) is 7.87. The van der Waals surface area contributed by atoms with Crippen molar-refractivity contribution in [3.8, 4) is 0 Å². The summed E-state index contributed by atoms with van der Waals surface area (Å²) in [5.74, 6) is -0.130. The first-order chi connectivity index (χ1) is 14.1. The molecule has 1 amide bonds. The van der Waals surface area contributed by atoms with Crippen molar-refractivity contribution in [2.75, 3.05) is 19.6 Å². The Balaban J connectivity index is 1.25. The van der Waals surface area contributed by atoms with E-state index in [1.807, 2.05) is 23.9 Å². The first-order valence-corrected chi connectivity index (χ1v) is 10.1. The minimum atomic E-state index is -0.404. The van der Waals surface area contributed by atoms with Crippen LogP contribution in [-0.4, -0.2) is 61.3 Å². The van der Waals surface area contributed by atoms with Crippen LogP contribution in [0.1, 0.15) is 37.1 Å². The summed E-state index contributed by atoms with van der Waals surface area (Å²) in [6.45, 7) is 5.82. The van der Waals surface area contributed by atoms with Crippen molar-refractivity contribution in [1.29, 1.82) is 0 Å². The maximum Gasteiger partial charge on any atom is 0.269 e. The lowest BCUT2D eigenvalue weighted by Crippen LogP contribution is -2.48. The van der Waals surface area contributed by atoms with Crippen molar-refractivity contribution in [1.82, 2.24) is 29.7 Å². The zero-order valence-corrected chi connectivity index (χ0v) is 16.8. The Kier molecular flexibility index (Phi) is 5.84. The maximum atomic E-state index is 12.5. The molecule has 154 valence electrons. The molecule has 29 heavy (non-hydrogen) atoms. The Morgan fingerprint density at radius 2 is 2.28 bits per heavy atom. The summed E-state index contributed by atoms with van der Waals surface area (Å²) in [6, 6.07) is 0. The van der Waals surface area contributed by atoms with Gasteiger partial charge >= 0.3 is 0 Å². The largest absolute Gasteiger partial charge is 0.387 e. The van der Waals surface area contributed by atoms with E-state index in [-0.39, 0.29) is 5.91 Å². The first-order valence-electron chi connectivity index (χ1n) is 10.1. The van der Waals surface area contributed by atoms with Crippen LogP contribution in [0.3, 0.4) is 0 Å². The Morgan fingerprint density at radius 1 is 1.34 bits per heavy atom. The number of piperidine rings is 1. The van der Waals surface area contributed by atoms with Crippen molar-refractivity contribution < 1.29 is 9.63 Å². The van der Waals surface area contributed by atoms with Crippen LogP contribution in [0.5, 0.6) is 0 Å². The molecule has 1 atom stereocenters. The maximum absolute atomic E-state index is 12.5. The van der Waals surface area contributed by atoms with Gasteiger partial charge in [0.25, 0.3) is 5.91 Å². The van der Waals surface area contributed by atoms with Crippen molar-refractivity contribution in [3.63, 3.8) is 0 Å². The molecule has 2 aromatic rings. The third-order valence-corrected chi connectivity index (χ3v) is 5.35. The van der Waals surface area contributed by atoms with Crippen molar-refractivity contribution in [3.05, 3.63) is 42.5 Å². The van der Waals surface area contributed by atoms with Crippen LogP contribution in [0.25, 0.3) is 0 Å². The van der Waals surface area contributed by atoms with Gasteiger partial charge in [0.15, 0.2) is 5.60 Å². The monoisotopic (exact) mass is 397 g/mol. The van der Waals surface area contributed by atoms with E-state index in [2.05, 4.69) is 30.3 Å². The number of hydrogen-bond donors (Lipinski definition) is 1. The molecule has 1 saturated heterocycles. The summed E-state index contributed by atoms with van der Waals surface area (Å²) in [5.41, 5.74) is 1.96. The lowest BCUT2D eigenvalue weighted by Gasteiger charge is -2.38. The van der Waals surface area contributed by atoms with Gasteiger partial charge in [0.1, 0.15) is 5.71 Å². The quantitative estimate of drug-likeness (QED) is 0.708. The van der Waals surface area contributed by atoms with Gasteiger partial charge in [0.05, 0.1) is 17.7 Å². The van der Waals surface area contributed by atoms with E-state index >= 15 is 0 Å². The summed E-state index contributed by atoms with van der Waals surface area (Å²) in [7, 11) is 0. The van der Waals surface area contributed by atoms with Gasteiger partial charge in [-0.2, -0.15) is 0 Å². The summed E-state index contributed by atoms with van der Waals surface area (Å²) in [5, 5.41) is 7.08. The van der Waals surface area contributed by atoms with Gasteiger partial charge in [-0.25, -0.2) is 4.98 Å². The molecular formula is C20H27N7O2. The van der Waals surface area contributed by atoms with Crippen molar-refractivity contribution >= 4 is 11.6 Å². The number of aromatic nitrogens is 4. The smallest absolute Gasteiger partial charge is 0.269 e. The highest BCUT2D eigenvalue weighted by Gasteiger charge is 2.44. The van der Waals surface area contributed by atoms with E-state index in [9.17, 15) is 4.79 Å². The van der Waals surface area contributed by atoms with Crippen LogP contribution in [0, 0.1) is 6.92 Å². The average molecular weight is 397 g/mol. The van der Waals surface area contributed by atoms with Gasteiger partial charge in [-0.3, -0.25) is 19.7 Å². The van der Waals surface area contributed by atoms with E-state index in [0.717, 1.165) is 56.8 Å². The Morgan fingerprint density at radius 3 is 3.10 bits per heavy atom. The van der Waals surface area contributed by atoms with Crippen molar-refractivity contribution in [2.24, 2.45) is 5.16 Å². The van der Waals surface area contributed by atoms with Gasteiger partial charge in [0.2, 0.25) is 0 Å². The number of imidazole rings is 1. The number of carbonyl (C=O) groups excluding carboxylic acids is 1. The van der Waals surface area contributed by atoms with Gasteiger partial charge < -0.3 is 14.7 Å². The molecule has 1 fully saturated rings. The molecular weight excluding hydrogens is 370 g/mol. The normalized spacial score (nSPS) is 21.8. The highest BCUT2D eigenvalue weighted by atomic mass is 16.7. The molecule has 0 radical (unpaired) electrons. The number of likely N-dealkylation sites (tertiary alicyclic amines) is 1. The molecule has 4 heterocycles. The van der Waals surface area contributed by atoms with E-state index < -0.39 is 5.60 Å². The topological polar surface area (TPSA) is 97.5 Å². The molecule has 1 unspecified atom stereocenters. The molecule has 2 aliphatic rings. The second kappa shape index (κ2) is 8.69. The van der Waals surface area contributed by atoms with E-state index in [0.29, 0.717) is 18.7 Å². The van der Waals surface area contributed by atoms with Crippen molar-refractivity contribution in [2.45, 2.75) is 51.3 Å². The number of aryl methyl sites for hydroxylation is 2. The van der Waals surface area contributed by atoms with Crippen LogP contribution in [0.2, 0.25) is 0 Å². The lowest BCUT2D eigenvalue weighted by molar-refractivity contribution is -0.114. The van der Waals surface area contributed by atoms with Gasteiger partial charge in [0, 0.05) is 57.4 Å². The minimum absolute atomic E-state index is 0.130. The number of hydrogen-bond acceptors (Lipinski definition) is 7. The highest BCUT2D eigenvalue weighted by molar-refractivity contribution is 6.39. The van der Waals surface area contributed by atoms with Crippen LogP contribution >= 0.6 is 0 Å². The second-order valence-corrected chi connectivity index (χ2v) is 7.87. The molecule has 0 saturated carbocycles. The molecule has 1 spiro atoms. The molecule has 2 aliphatic heterocycles. The number of nitrogens with one attached hydrogen (secondary N) is 1. The van der Waals surface area contributed by atoms with Gasteiger partial charge in [-0.1, -0.05) is 5.16 Å². The number of amides is 1. The molecule has 0 aliphatic carbocycles. The van der Waals surface area contributed by atoms with Crippen LogP contribution < -0.4 is 5.32 Å². The molecule has 0 aromatic carbocycles. The zero-order chi connectivity index (χ0) is 20.1. The molecule has 0 bridgehead atoms. The Bertz CT molecular complexity index is 867. The molecule has 1 N–H and O–H groups in total. The fourth-order valence-corrected chi connectivity index (χ4v) is 3.99. The number of rotatable bonds is 7. The predicted octanol–water partition coefficient (Wildman–Crippen LogP) is 1.30. The molecule has 4 rings (SSSR count). The average Bonchev–Trinajstić information content (AvgIpc) is 3.36. The summed E-state index contributed by atoms with van der Waals surface area (Å²) in [4.78, 5) is 33.4. The summed E-state index contributed by atoms with van der Waals surface area (Å²) < 4.78 is 1.99. The van der Waals surface area contributed by atoms with Gasteiger partial charge in [-0.15, -0.1) is 0 Å². The molecule has 9 nitrogen and oxygen atoms in total. The Labute approximate surface area is 170 Å². The van der Waals surface area contributed by atoms with E-state index in [4.69, 9.17) is 4.84 Å². The fourth-order valence-electron chi connectivity index (χ4n) is 3.99. The summed E-state index contributed by atoms with van der Waals surface area (Å²) in [6.07, 6.45) is 12.3. The van der Waals surface area contributed by atoms with Gasteiger partial charge in [-0.05, 0) is 32.7 Å². The molecule has 9 heteroatoms.